The molecule has 0 bridgehead atoms. The van der Waals surface area contributed by atoms with Gasteiger partial charge in [-0.1, -0.05) is 5.57 Å². The Labute approximate surface area is 80.0 Å². The maximum absolute atomic E-state index is 10.8. The van der Waals surface area contributed by atoms with Crippen molar-refractivity contribution < 1.29 is 9.53 Å². The van der Waals surface area contributed by atoms with Crippen LogP contribution < -0.4 is 0 Å². The Morgan fingerprint density at radius 1 is 1.54 bits per heavy atom. The van der Waals surface area contributed by atoms with Crippen LogP contribution in [0.4, 0.5) is 0 Å². The number of hydrogen-bond acceptors (Lipinski definition) is 2. The van der Waals surface area contributed by atoms with Gasteiger partial charge < -0.3 is 9.53 Å². The van der Waals surface area contributed by atoms with Gasteiger partial charge in [0.2, 0.25) is 0 Å². The van der Waals surface area contributed by atoms with E-state index in [9.17, 15) is 4.79 Å². The van der Waals surface area contributed by atoms with Crippen molar-refractivity contribution in [2.24, 2.45) is 5.92 Å². The Morgan fingerprint density at radius 3 is 2.77 bits per heavy atom. The Bertz CT molecular complexity index is 218. The standard InChI is InChI=1S/C11H18O2/c1-4-13-11-9(3)8(2)5-6-10(11)7-12/h7,10-11H,4-6H2,1-3H3/t10-,11+/m1/s1. The van der Waals surface area contributed by atoms with E-state index >= 15 is 0 Å². The Hall–Kier alpha value is -0.630. The topological polar surface area (TPSA) is 26.3 Å². The van der Waals surface area contributed by atoms with Crippen molar-refractivity contribution in [1.82, 2.24) is 0 Å². The highest BCUT2D eigenvalue weighted by Gasteiger charge is 2.27. The van der Waals surface area contributed by atoms with Crippen molar-refractivity contribution in [3.63, 3.8) is 0 Å². The number of ether oxygens (including phenoxy) is 1. The predicted octanol–water partition coefficient (Wildman–Crippen LogP) is 2.34. The number of aldehydes is 1. The van der Waals surface area contributed by atoms with Crippen LogP contribution in [0, 0.1) is 5.92 Å². The molecule has 2 heteroatoms. The molecule has 1 rings (SSSR count). The molecule has 0 fully saturated rings. The molecule has 0 amide bonds. The van der Waals surface area contributed by atoms with Crippen molar-refractivity contribution in [3.05, 3.63) is 11.1 Å². The van der Waals surface area contributed by atoms with Crippen LogP contribution in [0.1, 0.15) is 33.6 Å². The summed E-state index contributed by atoms with van der Waals surface area (Å²) in [5.74, 6) is 0.0728. The molecule has 0 N–H and O–H groups in total. The van der Waals surface area contributed by atoms with E-state index < -0.39 is 0 Å². The fourth-order valence-electron chi connectivity index (χ4n) is 1.86. The molecule has 1 aliphatic rings. The highest BCUT2D eigenvalue weighted by Crippen LogP contribution is 2.30. The first-order chi connectivity index (χ1) is 6.20. The molecule has 1 aliphatic carbocycles. The first-order valence-electron chi connectivity index (χ1n) is 4.93. The van der Waals surface area contributed by atoms with Crippen molar-refractivity contribution in [1.29, 1.82) is 0 Å². The van der Waals surface area contributed by atoms with Gasteiger partial charge in [0.15, 0.2) is 0 Å². The molecule has 0 heterocycles. The van der Waals surface area contributed by atoms with E-state index in [-0.39, 0.29) is 12.0 Å². The molecule has 0 spiro atoms. The first kappa shape index (κ1) is 10.5. The highest BCUT2D eigenvalue weighted by molar-refractivity contribution is 5.56. The van der Waals surface area contributed by atoms with Crippen molar-refractivity contribution in [3.8, 4) is 0 Å². The molecular formula is C11H18O2. The lowest BCUT2D eigenvalue weighted by molar-refractivity contribution is -0.115. The zero-order valence-electron chi connectivity index (χ0n) is 8.67. The van der Waals surface area contributed by atoms with Gasteiger partial charge in [-0.15, -0.1) is 0 Å². The van der Waals surface area contributed by atoms with E-state index in [1.54, 1.807) is 0 Å². The minimum absolute atomic E-state index is 0.0382. The number of rotatable bonds is 3. The van der Waals surface area contributed by atoms with Gasteiger partial charge in [0.05, 0.1) is 6.10 Å². The van der Waals surface area contributed by atoms with Gasteiger partial charge in [0.25, 0.3) is 0 Å². The molecule has 0 radical (unpaired) electrons. The summed E-state index contributed by atoms with van der Waals surface area (Å²) in [6.07, 6.45) is 3.06. The summed E-state index contributed by atoms with van der Waals surface area (Å²) in [6, 6.07) is 0. The molecule has 0 saturated heterocycles. The molecular weight excluding hydrogens is 164 g/mol. The second-order valence-corrected chi connectivity index (χ2v) is 3.68. The lowest BCUT2D eigenvalue weighted by Crippen LogP contribution is -2.30. The zero-order chi connectivity index (χ0) is 9.84. The average Bonchev–Trinajstić information content (AvgIpc) is 2.14. The van der Waals surface area contributed by atoms with E-state index in [2.05, 4.69) is 13.8 Å². The molecule has 0 saturated carbocycles. The molecule has 2 nitrogen and oxygen atoms in total. The molecule has 13 heavy (non-hydrogen) atoms. The van der Waals surface area contributed by atoms with Crippen LogP contribution in [-0.2, 0) is 9.53 Å². The predicted molar refractivity (Wildman–Crippen MR) is 52.6 cm³/mol. The highest BCUT2D eigenvalue weighted by atomic mass is 16.5. The second kappa shape index (κ2) is 4.56. The maximum atomic E-state index is 10.8. The summed E-state index contributed by atoms with van der Waals surface area (Å²) < 4.78 is 5.58. The van der Waals surface area contributed by atoms with Crippen LogP contribution in [0.5, 0.6) is 0 Å². The molecule has 0 aliphatic heterocycles. The van der Waals surface area contributed by atoms with Crippen LogP contribution in [0.25, 0.3) is 0 Å². The van der Waals surface area contributed by atoms with E-state index in [0.29, 0.717) is 6.61 Å². The first-order valence-corrected chi connectivity index (χ1v) is 4.93. The van der Waals surface area contributed by atoms with Crippen LogP contribution in [0.2, 0.25) is 0 Å². The minimum Gasteiger partial charge on any atom is -0.373 e. The van der Waals surface area contributed by atoms with Crippen molar-refractivity contribution >= 4 is 6.29 Å². The van der Waals surface area contributed by atoms with Gasteiger partial charge in [-0.25, -0.2) is 0 Å². The molecule has 74 valence electrons. The number of allylic oxidation sites excluding steroid dienone is 1. The third-order valence-electron chi connectivity index (χ3n) is 2.86. The van der Waals surface area contributed by atoms with Gasteiger partial charge in [0.1, 0.15) is 6.29 Å². The molecule has 0 aromatic heterocycles. The fraction of sp³-hybridized carbons (Fsp3) is 0.727. The van der Waals surface area contributed by atoms with Gasteiger partial charge >= 0.3 is 0 Å². The van der Waals surface area contributed by atoms with E-state index in [1.807, 2.05) is 6.92 Å². The van der Waals surface area contributed by atoms with Crippen molar-refractivity contribution in [2.45, 2.75) is 39.7 Å². The quantitative estimate of drug-likeness (QED) is 0.494. The lowest BCUT2D eigenvalue weighted by Gasteiger charge is -2.29. The average molecular weight is 182 g/mol. The van der Waals surface area contributed by atoms with E-state index in [1.165, 1.54) is 11.1 Å². The summed E-state index contributed by atoms with van der Waals surface area (Å²) in [4.78, 5) is 10.8. The van der Waals surface area contributed by atoms with Crippen LogP contribution in [-0.4, -0.2) is 19.0 Å². The Kier molecular flexibility index (Phi) is 3.67. The number of carbonyl (C=O) groups is 1. The zero-order valence-corrected chi connectivity index (χ0v) is 8.67. The Balaban J connectivity index is 2.80. The van der Waals surface area contributed by atoms with Gasteiger partial charge in [-0.3, -0.25) is 0 Å². The smallest absolute Gasteiger partial charge is 0.126 e. The van der Waals surface area contributed by atoms with E-state index in [0.717, 1.165) is 19.1 Å². The van der Waals surface area contributed by atoms with Gasteiger partial charge in [0, 0.05) is 12.5 Å². The van der Waals surface area contributed by atoms with Crippen LogP contribution >= 0.6 is 0 Å². The summed E-state index contributed by atoms with van der Waals surface area (Å²) in [5, 5.41) is 0. The molecule has 0 unspecified atom stereocenters. The normalized spacial score (nSPS) is 29.2. The third-order valence-corrected chi connectivity index (χ3v) is 2.86. The largest absolute Gasteiger partial charge is 0.373 e. The monoisotopic (exact) mass is 182 g/mol. The molecule has 0 aromatic carbocycles. The Morgan fingerprint density at radius 2 is 2.23 bits per heavy atom. The van der Waals surface area contributed by atoms with Gasteiger partial charge in [-0.2, -0.15) is 0 Å². The summed E-state index contributed by atoms with van der Waals surface area (Å²) in [6.45, 7) is 6.85. The fourth-order valence-corrected chi connectivity index (χ4v) is 1.86. The van der Waals surface area contributed by atoms with Crippen LogP contribution in [0.15, 0.2) is 11.1 Å². The van der Waals surface area contributed by atoms with Crippen molar-refractivity contribution in [2.75, 3.05) is 6.61 Å². The third kappa shape index (κ3) is 2.19. The summed E-state index contributed by atoms with van der Waals surface area (Å²) in [5.41, 5.74) is 2.64. The molecule has 2 atom stereocenters. The maximum Gasteiger partial charge on any atom is 0.126 e. The summed E-state index contributed by atoms with van der Waals surface area (Å²) in [7, 11) is 0. The number of hydrogen-bond donors (Lipinski definition) is 0. The van der Waals surface area contributed by atoms with E-state index in [4.69, 9.17) is 4.74 Å². The van der Waals surface area contributed by atoms with Gasteiger partial charge in [-0.05, 0) is 39.2 Å². The van der Waals surface area contributed by atoms with Crippen LogP contribution in [0.3, 0.4) is 0 Å². The lowest BCUT2D eigenvalue weighted by atomic mass is 9.83. The summed E-state index contributed by atoms with van der Waals surface area (Å²) >= 11 is 0. The molecule has 0 aromatic rings. The minimum atomic E-state index is 0.0382. The number of carbonyl (C=O) groups excluding carboxylic acids is 1. The second-order valence-electron chi connectivity index (χ2n) is 3.68. The SMILES string of the molecule is CCO[C@H]1C(C)=C(C)CC[C@@H]1C=O.